The Morgan fingerprint density at radius 2 is 2.04 bits per heavy atom. The zero-order chi connectivity index (χ0) is 16.5. The molecule has 0 spiro atoms. The first kappa shape index (κ1) is 20.8. The zero-order valence-corrected chi connectivity index (χ0v) is 17.5. The molecule has 0 amide bonds. The minimum Gasteiger partial charge on any atom is -0.370 e. The number of sulfone groups is 1. The Labute approximate surface area is 164 Å². The Bertz CT molecular complexity index is 706. The van der Waals surface area contributed by atoms with Gasteiger partial charge in [0.2, 0.25) is 0 Å². The van der Waals surface area contributed by atoms with Crippen LogP contribution in [0.1, 0.15) is 31.4 Å². The van der Waals surface area contributed by atoms with Crippen LogP contribution in [0.15, 0.2) is 23.2 Å². The van der Waals surface area contributed by atoms with Gasteiger partial charge in [-0.25, -0.2) is 8.42 Å². The average Bonchev–Trinajstić information content (AvgIpc) is 3.16. The maximum atomic E-state index is 11.7. The monoisotopic (exact) mass is 491 g/mol. The van der Waals surface area contributed by atoms with Crippen LogP contribution >= 0.6 is 47.2 Å². The largest absolute Gasteiger partial charge is 0.370 e. The van der Waals surface area contributed by atoms with Crippen molar-refractivity contribution in [3.8, 4) is 0 Å². The van der Waals surface area contributed by atoms with E-state index in [1.54, 1.807) is 12.1 Å². The van der Waals surface area contributed by atoms with Gasteiger partial charge < -0.3 is 11.1 Å². The Kier molecular flexibility index (Phi) is 7.01. The highest BCUT2D eigenvalue weighted by Gasteiger charge is 2.51. The third kappa shape index (κ3) is 5.11. The molecule has 0 aromatic heterocycles. The molecule has 2 rings (SSSR count). The van der Waals surface area contributed by atoms with E-state index in [2.05, 4.69) is 10.3 Å². The molecule has 1 unspecified atom stereocenters. The second-order valence-electron chi connectivity index (χ2n) is 5.69. The van der Waals surface area contributed by atoms with Crippen molar-refractivity contribution < 1.29 is 8.42 Å². The summed E-state index contributed by atoms with van der Waals surface area (Å²) in [6.45, 7) is 2.08. The van der Waals surface area contributed by atoms with Gasteiger partial charge in [0.05, 0.1) is 17.3 Å². The molecule has 0 aliphatic heterocycles. The van der Waals surface area contributed by atoms with Gasteiger partial charge in [0.1, 0.15) is 0 Å². The second-order valence-corrected chi connectivity index (χ2v) is 8.94. The lowest BCUT2D eigenvalue weighted by molar-refractivity contribution is 0.583. The molecular formula is C14H20Cl2IN3O2S. The number of nitrogens with two attached hydrogens (primary N) is 1. The predicted octanol–water partition coefficient (Wildman–Crippen LogP) is 3.15. The summed E-state index contributed by atoms with van der Waals surface area (Å²) >= 11 is 12.0. The number of nitrogens with one attached hydrogen (secondary N) is 1. The van der Waals surface area contributed by atoms with Gasteiger partial charge in [-0.05, 0) is 37.5 Å². The van der Waals surface area contributed by atoms with E-state index in [1.165, 1.54) is 6.26 Å². The van der Waals surface area contributed by atoms with E-state index in [0.717, 1.165) is 5.56 Å². The third-order valence-corrected chi connectivity index (χ3v) is 6.60. The Morgan fingerprint density at radius 1 is 1.43 bits per heavy atom. The number of rotatable bonds is 5. The summed E-state index contributed by atoms with van der Waals surface area (Å²) in [5, 5.41) is 4.11. The molecule has 1 aliphatic carbocycles. The SMILES string of the molecule is CC(NC(N)=NCC1(S(C)(=O)=O)CC1)c1ccc(Cl)cc1Cl.I. The van der Waals surface area contributed by atoms with Crippen molar-refractivity contribution in [1.29, 1.82) is 0 Å². The van der Waals surface area contributed by atoms with E-state index in [-0.39, 0.29) is 42.5 Å². The molecule has 9 heteroatoms. The first-order valence-electron chi connectivity index (χ1n) is 6.86. The van der Waals surface area contributed by atoms with Crippen LogP contribution in [-0.2, 0) is 9.84 Å². The number of aliphatic imine (C=N–C) groups is 1. The molecule has 1 aromatic rings. The molecule has 5 nitrogen and oxygen atoms in total. The molecule has 1 fully saturated rings. The van der Waals surface area contributed by atoms with Crippen molar-refractivity contribution in [2.24, 2.45) is 10.7 Å². The summed E-state index contributed by atoms with van der Waals surface area (Å²) in [4.78, 5) is 4.17. The topological polar surface area (TPSA) is 84.5 Å². The summed E-state index contributed by atoms with van der Waals surface area (Å²) in [5.41, 5.74) is 6.69. The van der Waals surface area contributed by atoms with Crippen LogP contribution in [0, 0.1) is 0 Å². The lowest BCUT2D eigenvalue weighted by Crippen LogP contribution is -2.36. The van der Waals surface area contributed by atoms with E-state index < -0.39 is 14.6 Å². The molecule has 0 saturated heterocycles. The number of guanidine groups is 1. The molecule has 1 atom stereocenters. The highest BCUT2D eigenvalue weighted by molar-refractivity contribution is 14.0. The molecule has 1 aliphatic rings. The predicted molar refractivity (Wildman–Crippen MR) is 107 cm³/mol. The fraction of sp³-hybridized carbons (Fsp3) is 0.500. The van der Waals surface area contributed by atoms with E-state index in [9.17, 15) is 8.42 Å². The van der Waals surface area contributed by atoms with Gasteiger partial charge in [-0.15, -0.1) is 24.0 Å². The van der Waals surface area contributed by atoms with Crippen LogP contribution in [0.5, 0.6) is 0 Å². The lowest BCUT2D eigenvalue weighted by atomic mass is 10.1. The van der Waals surface area contributed by atoms with Crippen molar-refractivity contribution >= 4 is 63.0 Å². The van der Waals surface area contributed by atoms with Crippen LogP contribution in [-0.4, -0.2) is 31.9 Å². The van der Waals surface area contributed by atoms with E-state index in [0.29, 0.717) is 22.9 Å². The van der Waals surface area contributed by atoms with Crippen LogP contribution in [0.25, 0.3) is 0 Å². The summed E-state index contributed by atoms with van der Waals surface area (Å²) < 4.78 is 22.7. The zero-order valence-electron chi connectivity index (χ0n) is 12.8. The van der Waals surface area contributed by atoms with Crippen molar-refractivity contribution in [2.75, 3.05) is 12.8 Å². The van der Waals surface area contributed by atoms with Gasteiger partial charge in [0.25, 0.3) is 0 Å². The molecule has 130 valence electrons. The lowest BCUT2D eigenvalue weighted by Gasteiger charge is -2.17. The summed E-state index contributed by atoms with van der Waals surface area (Å²) in [5.74, 6) is 0.202. The number of hydrogen-bond donors (Lipinski definition) is 2. The molecule has 3 N–H and O–H groups in total. The molecular weight excluding hydrogens is 472 g/mol. The fourth-order valence-corrected chi connectivity index (χ4v) is 3.93. The van der Waals surface area contributed by atoms with Crippen molar-refractivity contribution in [3.63, 3.8) is 0 Å². The van der Waals surface area contributed by atoms with E-state index >= 15 is 0 Å². The van der Waals surface area contributed by atoms with Crippen LogP contribution < -0.4 is 11.1 Å². The Morgan fingerprint density at radius 3 is 2.52 bits per heavy atom. The van der Waals surface area contributed by atoms with Gasteiger partial charge >= 0.3 is 0 Å². The van der Waals surface area contributed by atoms with Crippen molar-refractivity contribution in [3.05, 3.63) is 33.8 Å². The van der Waals surface area contributed by atoms with Crippen molar-refractivity contribution in [1.82, 2.24) is 5.32 Å². The molecule has 0 radical (unpaired) electrons. The molecule has 0 bridgehead atoms. The normalized spacial score (nSPS) is 18.0. The van der Waals surface area contributed by atoms with E-state index in [1.807, 2.05) is 13.0 Å². The number of benzene rings is 1. The Balaban J connectivity index is 0.00000264. The minimum atomic E-state index is -3.11. The number of nitrogens with zero attached hydrogens (tertiary/aromatic N) is 1. The van der Waals surface area contributed by atoms with Gasteiger partial charge in [-0.3, -0.25) is 4.99 Å². The summed E-state index contributed by atoms with van der Waals surface area (Å²) in [6.07, 6.45) is 2.53. The maximum absolute atomic E-state index is 11.7. The maximum Gasteiger partial charge on any atom is 0.189 e. The van der Waals surface area contributed by atoms with Gasteiger partial charge in [-0.1, -0.05) is 29.3 Å². The highest BCUT2D eigenvalue weighted by Crippen LogP contribution is 2.43. The second kappa shape index (κ2) is 7.76. The number of halogens is 3. The number of hydrogen-bond acceptors (Lipinski definition) is 3. The standard InChI is InChI=1S/C14H19Cl2N3O2S.HI/c1-9(11-4-3-10(15)7-12(11)16)19-13(17)18-8-14(5-6-14)22(2,20)21;/h3-4,7,9H,5-6,8H2,1-2H3,(H3,17,18,19);1H. The van der Waals surface area contributed by atoms with Crippen LogP contribution in [0.2, 0.25) is 10.0 Å². The molecule has 1 aromatic carbocycles. The quantitative estimate of drug-likeness (QED) is 0.376. The summed E-state index contributed by atoms with van der Waals surface area (Å²) in [6, 6.07) is 5.06. The third-order valence-electron chi connectivity index (χ3n) is 3.93. The van der Waals surface area contributed by atoms with Crippen LogP contribution in [0.4, 0.5) is 0 Å². The first-order valence-corrected chi connectivity index (χ1v) is 9.50. The summed E-state index contributed by atoms with van der Waals surface area (Å²) in [7, 11) is -3.11. The van der Waals surface area contributed by atoms with Crippen LogP contribution in [0.3, 0.4) is 0 Å². The Hall–Kier alpha value is -0.250. The van der Waals surface area contributed by atoms with Crippen molar-refractivity contribution in [2.45, 2.75) is 30.6 Å². The molecule has 1 saturated carbocycles. The van der Waals surface area contributed by atoms with Gasteiger partial charge in [0, 0.05) is 16.3 Å². The minimum absolute atomic E-state index is 0. The van der Waals surface area contributed by atoms with Gasteiger partial charge in [-0.2, -0.15) is 0 Å². The molecule has 0 heterocycles. The average molecular weight is 492 g/mol. The van der Waals surface area contributed by atoms with Gasteiger partial charge in [0.15, 0.2) is 15.8 Å². The fourth-order valence-electron chi connectivity index (χ4n) is 2.21. The molecule has 23 heavy (non-hydrogen) atoms. The highest BCUT2D eigenvalue weighted by atomic mass is 127. The van der Waals surface area contributed by atoms with E-state index in [4.69, 9.17) is 28.9 Å². The smallest absolute Gasteiger partial charge is 0.189 e. The first-order chi connectivity index (χ1) is 10.1.